The van der Waals surface area contributed by atoms with Gasteiger partial charge in [-0.3, -0.25) is 19.3 Å². The lowest BCUT2D eigenvalue weighted by Crippen LogP contribution is -2.47. The number of methoxy groups -OCH3 is 1. The van der Waals surface area contributed by atoms with Gasteiger partial charge in [0.25, 0.3) is 0 Å². The van der Waals surface area contributed by atoms with Crippen molar-refractivity contribution in [3.05, 3.63) is 83.5 Å². The molecule has 1 fully saturated rings. The molecule has 40 heavy (non-hydrogen) atoms. The van der Waals surface area contributed by atoms with Crippen LogP contribution in [-0.4, -0.2) is 35.9 Å². The summed E-state index contributed by atoms with van der Waals surface area (Å²) in [6.45, 7) is 0. The van der Waals surface area contributed by atoms with Gasteiger partial charge in [-0.25, -0.2) is 4.98 Å². The summed E-state index contributed by atoms with van der Waals surface area (Å²) in [4.78, 5) is 45.8. The van der Waals surface area contributed by atoms with E-state index in [9.17, 15) is 14.4 Å². The number of ether oxygens (including phenoxy) is 1. The lowest BCUT2D eigenvalue weighted by Gasteiger charge is -2.33. The number of nitrogens with zero attached hydrogens (tertiary/aromatic N) is 2. The molecule has 1 aromatic heterocycles. The van der Waals surface area contributed by atoms with Crippen LogP contribution in [0.25, 0.3) is 0 Å². The van der Waals surface area contributed by atoms with Crippen LogP contribution in [0.15, 0.2) is 72.9 Å². The normalized spacial score (nSPS) is 14.2. The van der Waals surface area contributed by atoms with E-state index in [0.717, 1.165) is 32.1 Å². The third-order valence-electron chi connectivity index (χ3n) is 6.99. The van der Waals surface area contributed by atoms with E-state index < -0.39 is 6.04 Å². The van der Waals surface area contributed by atoms with Gasteiger partial charge in [0.05, 0.1) is 7.11 Å². The molecule has 2 N–H and O–H groups in total. The number of halogens is 1. The SMILES string of the molecule is COc1ccc(N(C(=O)CCCC(=O)Nc2ccccn2)[C@@H](C(=O)NC2CCCCC2)c2ccc(Cl)cc2)cc1. The number of carbonyl (C=O) groups excluding carboxylic acids is 3. The van der Waals surface area contributed by atoms with Gasteiger partial charge in [0, 0.05) is 35.8 Å². The Kier molecular flexibility index (Phi) is 10.5. The zero-order valence-corrected chi connectivity index (χ0v) is 23.4. The van der Waals surface area contributed by atoms with Gasteiger partial charge in [0.2, 0.25) is 17.7 Å². The molecule has 0 spiro atoms. The number of benzene rings is 2. The minimum absolute atomic E-state index is 0.0687. The number of rotatable bonds is 11. The molecule has 3 aromatic rings. The molecule has 4 rings (SSSR count). The quantitative estimate of drug-likeness (QED) is 0.295. The number of nitrogens with one attached hydrogen (secondary N) is 2. The predicted molar refractivity (Wildman–Crippen MR) is 156 cm³/mol. The van der Waals surface area contributed by atoms with Crippen LogP contribution in [0, 0.1) is 0 Å². The Morgan fingerprint density at radius 1 is 0.975 bits per heavy atom. The van der Waals surface area contributed by atoms with Crippen LogP contribution in [0.2, 0.25) is 5.02 Å². The van der Waals surface area contributed by atoms with Crippen LogP contribution in [0.4, 0.5) is 11.5 Å². The molecule has 210 valence electrons. The minimum atomic E-state index is -0.914. The third-order valence-corrected chi connectivity index (χ3v) is 7.24. The maximum Gasteiger partial charge on any atom is 0.248 e. The van der Waals surface area contributed by atoms with Crippen molar-refractivity contribution < 1.29 is 19.1 Å². The molecule has 0 unspecified atom stereocenters. The standard InChI is InChI=1S/C31H35ClN4O4/c1-40-26-19-17-25(18-20-26)36(29(38)12-7-11-28(37)35-27-10-5-6-21-33-27)30(22-13-15-23(32)16-14-22)31(39)34-24-8-3-2-4-9-24/h5-6,10,13-21,24,30H,2-4,7-9,11-12H2,1H3,(H,34,39)(H,33,35,37)/t30-/m1/s1. The molecule has 0 saturated heterocycles. The molecule has 1 aliphatic carbocycles. The summed E-state index contributed by atoms with van der Waals surface area (Å²) >= 11 is 6.16. The molecule has 1 saturated carbocycles. The number of amides is 3. The second kappa shape index (κ2) is 14.5. The molecular weight excluding hydrogens is 528 g/mol. The van der Waals surface area contributed by atoms with Crippen molar-refractivity contribution in [2.75, 3.05) is 17.3 Å². The van der Waals surface area contributed by atoms with Gasteiger partial charge in [0.1, 0.15) is 17.6 Å². The highest BCUT2D eigenvalue weighted by atomic mass is 35.5. The molecule has 1 atom stereocenters. The Labute approximate surface area is 240 Å². The number of hydrogen-bond donors (Lipinski definition) is 2. The smallest absolute Gasteiger partial charge is 0.248 e. The van der Waals surface area contributed by atoms with Gasteiger partial charge in [-0.1, -0.05) is 49.1 Å². The molecule has 0 bridgehead atoms. The lowest BCUT2D eigenvalue weighted by atomic mass is 9.94. The summed E-state index contributed by atoms with van der Waals surface area (Å²) in [5.41, 5.74) is 1.21. The third kappa shape index (κ3) is 8.05. The molecule has 0 radical (unpaired) electrons. The minimum Gasteiger partial charge on any atom is -0.497 e. The Balaban J connectivity index is 1.58. The zero-order chi connectivity index (χ0) is 28.3. The Hall–Kier alpha value is -3.91. The Bertz CT molecular complexity index is 1260. The van der Waals surface area contributed by atoms with Crippen molar-refractivity contribution in [2.24, 2.45) is 0 Å². The van der Waals surface area contributed by atoms with E-state index in [1.165, 1.54) is 4.90 Å². The summed E-state index contributed by atoms with van der Waals surface area (Å²) in [7, 11) is 1.57. The van der Waals surface area contributed by atoms with E-state index in [-0.39, 0.29) is 36.6 Å². The van der Waals surface area contributed by atoms with Crippen molar-refractivity contribution >= 4 is 40.8 Å². The van der Waals surface area contributed by atoms with Crippen LogP contribution in [0.5, 0.6) is 5.75 Å². The highest BCUT2D eigenvalue weighted by molar-refractivity contribution is 6.30. The van der Waals surface area contributed by atoms with Crippen molar-refractivity contribution in [2.45, 2.75) is 63.5 Å². The topological polar surface area (TPSA) is 101 Å². The molecule has 9 heteroatoms. The highest BCUT2D eigenvalue weighted by Gasteiger charge is 2.34. The molecule has 1 heterocycles. The molecule has 2 aromatic carbocycles. The van der Waals surface area contributed by atoms with Crippen LogP contribution in [0.3, 0.4) is 0 Å². The van der Waals surface area contributed by atoms with Crippen molar-refractivity contribution in [3.63, 3.8) is 0 Å². The number of anilines is 2. The van der Waals surface area contributed by atoms with Crippen LogP contribution in [0.1, 0.15) is 63.0 Å². The van der Waals surface area contributed by atoms with Crippen LogP contribution >= 0.6 is 11.6 Å². The molecule has 3 amide bonds. The number of pyridine rings is 1. The van der Waals surface area contributed by atoms with E-state index in [2.05, 4.69) is 15.6 Å². The number of carbonyl (C=O) groups is 3. The fraction of sp³-hybridized carbons (Fsp3) is 0.355. The van der Waals surface area contributed by atoms with Gasteiger partial charge in [-0.05, 0) is 73.4 Å². The first-order valence-corrected chi connectivity index (χ1v) is 14.0. The maximum atomic E-state index is 13.9. The first-order chi connectivity index (χ1) is 19.4. The van der Waals surface area contributed by atoms with E-state index in [1.54, 1.807) is 80.0 Å². The summed E-state index contributed by atoms with van der Waals surface area (Å²) in [6.07, 6.45) is 7.25. The van der Waals surface area contributed by atoms with Crippen LogP contribution < -0.4 is 20.3 Å². The lowest BCUT2D eigenvalue weighted by molar-refractivity contribution is -0.127. The van der Waals surface area contributed by atoms with E-state index >= 15 is 0 Å². The van der Waals surface area contributed by atoms with Crippen molar-refractivity contribution in [1.29, 1.82) is 0 Å². The fourth-order valence-corrected chi connectivity index (χ4v) is 5.06. The number of aromatic nitrogens is 1. The van der Waals surface area contributed by atoms with Gasteiger partial charge >= 0.3 is 0 Å². The second-order valence-electron chi connectivity index (χ2n) is 9.88. The van der Waals surface area contributed by atoms with Crippen LogP contribution in [-0.2, 0) is 14.4 Å². The monoisotopic (exact) mass is 562 g/mol. The predicted octanol–water partition coefficient (Wildman–Crippen LogP) is 6.08. The summed E-state index contributed by atoms with van der Waals surface area (Å²) in [6, 6.07) is 18.4. The Morgan fingerprint density at radius 3 is 2.35 bits per heavy atom. The summed E-state index contributed by atoms with van der Waals surface area (Å²) < 4.78 is 5.31. The summed E-state index contributed by atoms with van der Waals surface area (Å²) in [5, 5.41) is 6.48. The van der Waals surface area contributed by atoms with E-state index in [4.69, 9.17) is 16.3 Å². The first-order valence-electron chi connectivity index (χ1n) is 13.7. The Morgan fingerprint density at radius 2 is 1.70 bits per heavy atom. The highest BCUT2D eigenvalue weighted by Crippen LogP contribution is 2.32. The molecule has 8 nitrogen and oxygen atoms in total. The van der Waals surface area contributed by atoms with Gasteiger partial charge in [0.15, 0.2) is 0 Å². The molecular formula is C31H35ClN4O4. The fourth-order valence-electron chi connectivity index (χ4n) is 4.93. The van der Waals surface area contributed by atoms with Gasteiger partial charge in [-0.2, -0.15) is 0 Å². The van der Waals surface area contributed by atoms with Gasteiger partial charge < -0.3 is 15.4 Å². The van der Waals surface area contributed by atoms with E-state index in [0.29, 0.717) is 34.3 Å². The largest absolute Gasteiger partial charge is 0.497 e. The van der Waals surface area contributed by atoms with Crippen molar-refractivity contribution in [3.8, 4) is 5.75 Å². The van der Waals surface area contributed by atoms with Gasteiger partial charge in [-0.15, -0.1) is 0 Å². The average Bonchev–Trinajstić information content (AvgIpc) is 2.97. The second-order valence-corrected chi connectivity index (χ2v) is 10.3. The molecule has 0 aliphatic heterocycles. The van der Waals surface area contributed by atoms with E-state index in [1.807, 2.05) is 0 Å². The maximum absolute atomic E-state index is 13.9. The zero-order valence-electron chi connectivity index (χ0n) is 22.6. The molecule has 1 aliphatic rings. The average molecular weight is 563 g/mol. The van der Waals surface area contributed by atoms with Crippen molar-refractivity contribution in [1.82, 2.24) is 10.3 Å². The first kappa shape index (κ1) is 29.1. The summed E-state index contributed by atoms with van der Waals surface area (Å²) in [5.74, 6) is 0.352. The number of hydrogen-bond acceptors (Lipinski definition) is 5.